The van der Waals surface area contributed by atoms with Gasteiger partial charge in [0.2, 0.25) is 5.91 Å². The number of hydrogen-bond acceptors (Lipinski definition) is 3. The van der Waals surface area contributed by atoms with E-state index in [9.17, 15) is 4.79 Å². The molecule has 14 heavy (non-hydrogen) atoms. The molecule has 0 aromatic heterocycles. The molecule has 1 fully saturated rings. The van der Waals surface area contributed by atoms with Crippen molar-refractivity contribution in [3.8, 4) is 0 Å². The van der Waals surface area contributed by atoms with E-state index in [-0.39, 0.29) is 23.5 Å². The predicted octanol–water partition coefficient (Wildman–Crippen LogP) is 0.265. The van der Waals surface area contributed by atoms with Gasteiger partial charge >= 0.3 is 0 Å². The maximum Gasteiger partial charge on any atom is 0.226 e. The van der Waals surface area contributed by atoms with Gasteiger partial charge in [-0.05, 0) is 27.2 Å². The lowest BCUT2D eigenvalue weighted by Gasteiger charge is -2.24. The SMILES string of the molecule is CCOC1CC1C(=O)NC(C)(C)CN. The zero-order valence-corrected chi connectivity index (χ0v) is 9.17. The molecule has 3 N–H and O–H groups in total. The third-order valence-corrected chi connectivity index (χ3v) is 2.42. The number of ether oxygens (including phenoxy) is 1. The van der Waals surface area contributed by atoms with E-state index in [1.54, 1.807) is 0 Å². The fourth-order valence-corrected chi connectivity index (χ4v) is 1.32. The first-order chi connectivity index (χ1) is 6.50. The largest absolute Gasteiger partial charge is 0.378 e. The van der Waals surface area contributed by atoms with Crippen LogP contribution in [0.25, 0.3) is 0 Å². The van der Waals surface area contributed by atoms with E-state index in [1.807, 2.05) is 20.8 Å². The van der Waals surface area contributed by atoms with Gasteiger partial charge in [0.25, 0.3) is 0 Å². The number of amides is 1. The van der Waals surface area contributed by atoms with Gasteiger partial charge in [-0.15, -0.1) is 0 Å². The Hall–Kier alpha value is -0.610. The normalized spacial score (nSPS) is 26.0. The standard InChI is InChI=1S/C10H20N2O2/c1-4-14-8-5-7(8)9(13)12-10(2,3)6-11/h7-8H,4-6,11H2,1-3H3,(H,12,13). The Kier molecular flexibility index (Phi) is 3.50. The van der Waals surface area contributed by atoms with Crippen LogP contribution >= 0.6 is 0 Å². The highest BCUT2D eigenvalue weighted by molar-refractivity contribution is 5.82. The van der Waals surface area contributed by atoms with Crippen molar-refractivity contribution in [1.82, 2.24) is 5.32 Å². The predicted molar refractivity (Wildman–Crippen MR) is 54.8 cm³/mol. The lowest BCUT2D eigenvalue weighted by Crippen LogP contribution is -2.49. The van der Waals surface area contributed by atoms with Crippen molar-refractivity contribution in [3.63, 3.8) is 0 Å². The molecule has 82 valence electrons. The third kappa shape index (κ3) is 2.96. The lowest BCUT2D eigenvalue weighted by atomic mass is 10.1. The lowest BCUT2D eigenvalue weighted by molar-refractivity contribution is -0.124. The summed E-state index contributed by atoms with van der Waals surface area (Å²) < 4.78 is 5.34. The molecule has 4 nitrogen and oxygen atoms in total. The smallest absolute Gasteiger partial charge is 0.226 e. The van der Waals surface area contributed by atoms with Crippen molar-refractivity contribution < 1.29 is 9.53 Å². The van der Waals surface area contributed by atoms with Crippen molar-refractivity contribution in [2.45, 2.75) is 38.8 Å². The van der Waals surface area contributed by atoms with E-state index >= 15 is 0 Å². The first-order valence-corrected chi connectivity index (χ1v) is 5.14. The number of carbonyl (C=O) groups is 1. The van der Waals surface area contributed by atoms with Crippen LogP contribution in [-0.4, -0.2) is 30.7 Å². The van der Waals surface area contributed by atoms with Crippen LogP contribution in [0.2, 0.25) is 0 Å². The molecule has 0 spiro atoms. The van der Waals surface area contributed by atoms with Gasteiger partial charge in [0, 0.05) is 18.7 Å². The van der Waals surface area contributed by atoms with Gasteiger partial charge in [0.05, 0.1) is 12.0 Å². The van der Waals surface area contributed by atoms with Crippen molar-refractivity contribution >= 4 is 5.91 Å². The molecule has 0 aromatic carbocycles. The average molecular weight is 200 g/mol. The fraction of sp³-hybridized carbons (Fsp3) is 0.900. The summed E-state index contributed by atoms with van der Waals surface area (Å²) >= 11 is 0. The van der Waals surface area contributed by atoms with Gasteiger partial charge in [-0.2, -0.15) is 0 Å². The van der Waals surface area contributed by atoms with Crippen LogP contribution in [0.15, 0.2) is 0 Å². The first-order valence-electron chi connectivity index (χ1n) is 5.14. The Labute approximate surface area is 85.2 Å². The maximum atomic E-state index is 11.6. The molecule has 4 heteroatoms. The van der Waals surface area contributed by atoms with Gasteiger partial charge in [0.15, 0.2) is 0 Å². The van der Waals surface area contributed by atoms with Crippen LogP contribution in [-0.2, 0) is 9.53 Å². The maximum absolute atomic E-state index is 11.6. The molecule has 2 atom stereocenters. The van der Waals surface area contributed by atoms with Crippen LogP contribution in [0.3, 0.4) is 0 Å². The molecule has 0 heterocycles. The minimum atomic E-state index is -0.309. The second-order valence-electron chi connectivity index (χ2n) is 4.41. The molecular weight excluding hydrogens is 180 g/mol. The first kappa shape index (κ1) is 11.5. The van der Waals surface area contributed by atoms with Crippen LogP contribution in [0.4, 0.5) is 0 Å². The van der Waals surface area contributed by atoms with Gasteiger partial charge in [-0.25, -0.2) is 0 Å². The van der Waals surface area contributed by atoms with E-state index in [4.69, 9.17) is 10.5 Å². The van der Waals surface area contributed by atoms with Crippen molar-refractivity contribution in [1.29, 1.82) is 0 Å². The monoisotopic (exact) mass is 200 g/mol. The number of nitrogens with one attached hydrogen (secondary N) is 1. The zero-order chi connectivity index (χ0) is 10.8. The third-order valence-electron chi connectivity index (χ3n) is 2.42. The van der Waals surface area contributed by atoms with E-state index in [0.29, 0.717) is 13.2 Å². The van der Waals surface area contributed by atoms with Crippen LogP contribution in [0.1, 0.15) is 27.2 Å². The molecule has 2 unspecified atom stereocenters. The van der Waals surface area contributed by atoms with Gasteiger partial charge in [-0.3, -0.25) is 4.79 Å². The summed E-state index contributed by atoms with van der Waals surface area (Å²) in [5.74, 6) is 0.111. The summed E-state index contributed by atoms with van der Waals surface area (Å²) in [7, 11) is 0. The molecule has 0 aliphatic heterocycles. The van der Waals surface area contributed by atoms with E-state index in [0.717, 1.165) is 6.42 Å². The Balaban J connectivity index is 2.31. The highest BCUT2D eigenvalue weighted by Crippen LogP contribution is 2.34. The molecule has 0 saturated heterocycles. The topological polar surface area (TPSA) is 64.3 Å². The minimum absolute atomic E-state index is 0.0424. The molecule has 0 bridgehead atoms. The summed E-state index contributed by atoms with van der Waals surface area (Å²) in [6.45, 7) is 6.91. The number of hydrogen-bond donors (Lipinski definition) is 2. The van der Waals surface area contributed by atoms with Gasteiger partial charge in [0.1, 0.15) is 0 Å². The summed E-state index contributed by atoms with van der Waals surface area (Å²) in [6.07, 6.45) is 0.980. The molecule has 1 aliphatic carbocycles. The van der Waals surface area contributed by atoms with Crippen molar-refractivity contribution in [2.75, 3.05) is 13.2 Å². The summed E-state index contributed by atoms with van der Waals surface area (Å²) in [4.78, 5) is 11.6. The van der Waals surface area contributed by atoms with Crippen molar-refractivity contribution in [2.24, 2.45) is 11.7 Å². The summed E-state index contributed by atoms with van der Waals surface area (Å²) in [6, 6.07) is 0. The minimum Gasteiger partial charge on any atom is -0.378 e. The van der Waals surface area contributed by atoms with E-state index in [2.05, 4.69) is 5.32 Å². The molecule has 1 rings (SSSR count). The number of nitrogens with two attached hydrogens (primary N) is 1. The Morgan fingerprint density at radius 3 is 2.79 bits per heavy atom. The zero-order valence-electron chi connectivity index (χ0n) is 9.17. The van der Waals surface area contributed by atoms with Crippen LogP contribution in [0, 0.1) is 5.92 Å². The number of rotatable bonds is 5. The highest BCUT2D eigenvalue weighted by atomic mass is 16.5. The highest BCUT2D eigenvalue weighted by Gasteiger charge is 2.44. The average Bonchev–Trinajstić information content (AvgIpc) is 2.84. The molecule has 1 amide bonds. The summed E-state index contributed by atoms with van der Waals surface area (Å²) in [5.41, 5.74) is 5.21. The van der Waals surface area contributed by atoms with E-state index < -0.39 is 0 Å². The van der Waals surface area contributed by atoms with Crippen molar-refractivity contribution in [3.05, 3.63) is 0 Å². The fourth-order valence-electron chi connectivity index (χ4n) is 1.32. The number of carbonyl (C=O) groups excluding carboxylic acids is 1. The molecule has 0 aromatic rings. The van der Waals surface area contributed by atoms with Gasteiger partial charge in [-0.1, -0.05) is 0 Å². The summed E-state index contributed by atoms with van der Waals surface area (Å²) in [5, 5.41) is 2.91. The van der Waals surface area contributed by atoms with Gasteiger partial charge < -0.3 is 15.8 Å². The quantitative estimate of drug-likeness (QED) is 0.669. The molecular formula is C10H20N2O2. The molecule has 0 radical (unpaired) electrons. The molecule has 1 aliphatic rings. The van der Waals surface area contributed by atoms with Crippen LogP contribution in [0.5, 0.6) is 0 Å². The molecule has 1 saturated carbocycles. The Morgan fingerprint density at radius 1 is 1.64 bits per heavy atom. The second-order valence-corrected chi connectivity index (χ2v) is 4.41. The van der Waals surface area contributed by atoms with E-state index in [1.165, 1.54) is 0 Å². The second kappa shape index (κ2) is 4.28. The van der Waals surface area contributed by atoms with Crippen LogP contribution < -0.4 is 11.1 Å². The Bertz CT molecular complexity index is 216. The Morgan fingerprint density at radius 2 is 2.29 bits per heavy atom.